The molecular weight excluding hydrogens is 174 g/mol. The Morgan fingerprint density at radius 3 is 2.50 bits per heavy atom. The van der Waals surface area contributed by atoms with E-state index in [1.807, 2.05) is 0 Å². The van der Waals surface area contributed by atoms with Crippen molar-refractivity contribution in [1.29, 1.82) is 0 Å². The van der Waals surface area contributed by atoms with Gasteiger partial charge in [-0.3, -0.25) is 0 Å². The van der Waals surface area contributed by atoms with Crippen molar-refractivity contribution in [3.05, 3.63) is 34.9 Å². The summed E-state index contributed by atoms with van der Waals surface area (Å²) in [6, 6.07) is 7.05. The predicted molar refractivity (Wildman–Crippen MR) is 57.5 cm³/mol. The maximum Gasteiger partial charge on any atom is 0.0662 e. The highest BCUT2D eigenvalue weighted by Gasteiger charge is 2.15. The lowest BCUT2D eigenvalue weighted by Gasteiger charge is -2.24. The molecule has 0 unspecified atom stereocenters. The van der Waals surface area contributed by atoms with Crippen molar-refractivity contribution < 1.29 is 4.74 Å². The summed E-state index contributed by atoms with van der Waals surface area (Å²) in [5.74, 6) is 0. The van der Waals surface area contributed by atoms with Gasteiger partial charge < -0.3 is 10.1 Å². The number of hydrogen-bond acceptors (Lipinski definition) is 2. The molecule has 0 aromatic heterocycles. The molecule has 1 fully saturated rings. The fourth-order valence-corrected chi connectivity index (χ4v) is 1.99. The largest absolute Gasteiger partial charge is 0.378 e. The van der Waals surface area contributed by atoms with Crippen LogP contribution in [0.2, 0.25) is 0 Å². The molecule has 0 amide bonds. The van der Waals surface area contributed by atoms with E-state index in [-0.39, 0.29) is 0 Å². The summed E-state index contributed by atoms with van der Waals surface area (Å²) in [6.07, 6.45) is 0. The lowest BCUT2D eigenvalue weighted by Crippen LogP contribution is -2.34. The average Bonchev–Trinajstić information content (AvgIpc) is 2.18. The molecule has 0 saturated carbocycles. The molecule has 1 N–H and O–H groups in total. The van der Waals surface area contributed by atoms with Gasteiger partial charge in [0.1, 0.15) is 0 Å². The predicted octanol–water partition coefficient (Wildman–Crippen LogP) is 1.96. The Morgan fingerprint density at radius 1 is 1.21 bits per heavy atom. The van der Waals surface area contributed by atoms with Crippen molar-refractivity contribution in [2.75, 3.05) is 19.8 Å². The molecule has 1 aromatic carbocycles. The Hall–Kier alpha value is -0.860. The maximum atomic E-state index is 5.45. The van der Waals surface area contributed by atoms with Crippen LogP contribution in [0.5, 0.6) is 0 Å². The minimum Gasteiger partial charge on any atom is -0.378 e. The molecule has 1 aliphatic heterocycles. The van der Waals surface area contributed by atoms with Crippen molar-refractivity contribution in [1.82, 2.24) is 5.32 Å². The summed E-state index contributed by atoms with van der Waals surface area (Å²) in [6.45, 7) is 6.86. The first kappa shape index (κ1) is 9.69. The van der Waals surface area contributed by atoms with E-state index >= 15 is 0 Å². The van der Waals surface area contributed by atoms with Crippen LogP contribution in [0.1, 0.15) is 22.7 Å². The van der Waals surface area contributed by atoms with Gasteiger partial charge in [0.15, 0.2) is 0 Å². The first-order valence-electron chi connectivity index (χ1n) is 5.15. The summed E-state index contributed by atoms with van der Waals surface area (Å²) >= 11 is 0. The van der Waals surface area contributed by atoms with Crippen molar-refractivity contribution >= 4 is 0 Å². The van der Waals surface area contributed by atoms with E-state index in [1.54, 1.807) is 0 Å². The smallest absolute Gasteiger partial charge is 0.0662 e. The van der Waals surface area contributed by atoms with Gasteiger partial charge in [-0.1, -0.05) is 29.3 Å². The summed E-state index contributed by atoms with van der Waals surface area (Å²) in [7, 11) is 0. The molecule has 76 valence electrons. The molecule has 14 heavy (non-hydrogen) atoms. The second-order valence-corrected chi connectivity index (χ2v) is 4.00. The van der Waals surface area contributed by atoms with E-state index < -0.39 is 0 Å². The van der Waals surface area contributed by atoms with Crippen LogP contribution >= 0.6 is 0 Å². The SMILES string of the molecule is Cc1cc(C)cc([C@H]2COCCN2)c1. The highest BCUT2D eigenvalue weighted by Crippen LogP contribution is 2.18. The average molecular weight is 191 g/mol. The quantitative estimate of drug-likeness (QED) is 0.732. The van der Waals surface area contributed by atoms with Crippen LogP contribution in [-0.4, -0.2) is 19.8 Å². The van der Waals surface area contributed by atoms with Crippen LogP contribution in [-0.2, 0) is 4.74 Å². The van der Waals surface area contributed by atoms with Crippen LogP contribution < -0.4 is 5.32 Å². The van der Waals surface area contributed by atoms with Crippen molar-refractivity contribution in [2.45, 2.75) is 19.9 Å². The minimum absolute atomic E-state index is 0.377. The van der Waals surface area contributed by atoms with Crippen LogP contribution in [0, 0.1) is 13.8 Å². The Bertz CT molecular complexity index is 296. The van der Waals surface area contributed by atoms with Crippen LogP contribution in [0.3, 0.4) is 0 Å². The second-order valence-electron chi connectivity index (χ2n) is 4.00. The molecule has 1 heterocycles. The lowest BCUT2D eigenvalue weighted by molar-refractivity contribution is 0.0768. The topological polar surface area (TPSA) is 21.3 Å². The molecule has 1 atom stereocenters. The van der Waals surface area contributed by atoms with Gasteiger partial charge in [0.25, 0.3) is 0 Å². The molecule has 1 aromatic rings. The summed E-state index contributed by atoms with van der Waals surface area (Å²) in [5, 5.41) is 3.46. The number of benzene rings is 1. The Kier molecular flexibility index (Phi) is 2.85. The third kappa shape index (κ3) is 2.14. The molecule has 0 bridgehead atoms. The van der Waals surface area contributed by atoms with E-state index in [0.29, 0.717) is 6.04 Å². The van der Waals surface area contributed by atoms with Crippen molar-refractivity contribution in [3.63, 3.8) is 0 Å². The third-order valence-corrected chi connectivity index (χ3v) is 2.57. The minimum atomic E-state index is 0.377. The van der Waals surface area contributed by atoms with E-state index in [2.05, 4.69) is 37.4 Å². The Labute approximate surface area is 85.3 Å². The Morgan fingerprint density at radius 2 is 1.93 bits per heavy atom. The van der Waals surface area contributed by atoms with E-state index in [1.165, 1.54) is 16.7 Å². The molecule has 2 nitrogen and oxygen atoms in total. The summed E-state index contributed by atoms with van der Waals surface area (Å²) < 4.78 is 5.45. The maximum absolute atomic E-state index is 5.45. The van der Waals surface area contributed by atoms with Crippen LogP contribution in [0.4, 0.5) is 0 Å². The highest BCUT2D eigenvalue weighted by atomic mass is 16.5. The zero-order valence-electron chi connectivity index (χ0n) is 8.84. The molecule has 1 aliphatic rings. The fraction of sp³-hybridized carbons (Fsp3) is 0.500. The number of rotatable bonds is 1. The number of ether oxygens (including phenoxy) is 1. The Balaban J connectivity index is 2.21. The van der Waals surface area contributed by atoms with Gasteiger partial charge in [-0.2, -0.15) is 0 Å². The molecule has 1 saturated heterocycles. The van der Waals surface area contributed by atoms with Gasteiger partial charge in [-0.25, -0.2) is 0 Å². The first-order valence-corrected chi connectivity index (χ1v) is 5.15. The van der Waals surface area contributed by atoms with Gasteiger partial charge in [0, 0.05) is 6.54 Å². The van der Waals surface area contributed by atoms with Crippen LogP contribution in [0.15, 0.2) is 18.2 Å². The first-order chi connectivity index (χ1) is 6.75. The zero-order chi connectivity index (χ0) is 9.97. The summed E-state index contributed by atoms with van der Waals surface area (Å²) in [4.78, 5) is 0. The monoisotopic (exact) mass is 191 g/mol. The van der Waals surface area contributed by atoms with E-state index in [4.69, 9.17) is 4.74 Å². The second kappa shape index (κ2) is 4.11. The van der Waals surface area contributed by atoms with Gasteiger partial charge in [0.05, 0.1) is 19.3 Å². The molecule has 2 rings (SSSR count). The zero-order valence-corrected chi connectivity index (χ0v) is 8.84. The molecule has 0 radical (unpaired) electrons. The van der Waals surface area contributed by atoms with E-state index in [0.717, 1.165) is 19.8 Å². The number of morpholine rings is 1. The van der Waals surface area contributed by atoms with Gasteiger partial charge in [0.2, 0.25) is 0 Å². The molecular formula is C12H17NO. The molecule has 0 spiro atoms. The van der Waals surface area contributed by atoms with E-state index in [9.17, 15) is 0 Å². The molecule has 0 aliphatic carbocycles. The third-order valence-electron chi connectivity index (χ3n) is 2.57. The fourth-order valence-electron chi connectivity index (χ4n) is 1.99. The highest BCUT2D eigenvalue weighted by molar-refractivity contribution is 5.30. The van der Waals surface area contributed by atoms with Gasteiger partial charge in [-0.05, 0) is 19.4 Å². The summed E-state index contributed by atoms with van der Waals surface area (Å²) in [5.41, 5.74) is 4.00. The normalized spacial score (nSPS) is 22.3. The lowest BCUT2D eigenvalue weighted by atomic mass is 10.0. The standard InChI is InChI=1S/C12H17NO/c1-9-5-10(2)7-11(6-9)12-8-14-4-3-13-12/h5-7,12-13H,3-4,8H2,1-2H3/t12-/m1/s1. The van der Waals surface area contributed by atoms with Gasteiger partial charge in [-0.15, -0.1) is 0 Å². The number of nitrogens with one attached hydrogen (secondary N) is 1. The molecule has 2 heteroatoms. The van der Waals surface area contributed by atoms with Gasteiger partial charge >= 0.3 is 0 Å². The number of hydrogen-bond donors (Lipinski definition) is 1. The number of aryl methyl sites for hydroxylation is 2. The van der Waals surface area contributed by atoms with Crippen LogP contribution in [0.25, 0.3) is 0 Å². The van der Waals surface area contributed by atoms with Crippen molar-refractivity contribution in [2.24, 2.45) is 0 Å². The van der Waals surface area contributed by atoms with Crippen molar-refractivity contribution in [3.8, 4) is 0 Å².